The molecule has 0 saturated heterocycles. The first kappa shape index (κ1) is 14.1. The van der Waals surface area contributed by atoms with Crippen molar-refractivity contribution in [3.63, 3.8) is 0 Å². The highest BCUT2D eigenvalue weighted by Crippen LogP contribution is 2.19. The maximum Gasteiger partial charge on any atom is 0.239 e. The highest BCUT2D eigenvalue weighted by Gasteiger charge is 2.17. The predicted molar refractivity (Wildman–Crippen MR) is 78.2 cm³/mol. The van der Waals surface area contributed by atoms with Crippen LogP contribution in [0.5, 0.6) is 5.75 Å². The largest absolute Gasteiger partial charge is 0.496 e. The van der Waals surface area contributed by atoms with Gasteiger partial charge in [-0.2, -0.15) is 0 Å². The number of methoxy groups -OCH3 is 1. The molecule has 0 aliphatic carbocycles. The fourth-order valence-electron chi connectivity index (χ4n) is 2.09. The molecular formula is C16H18N2O2. The van der Waals surface area contributed by atoms with E-state index in [9.17, 15) is 4.79 Å². The van der Waals surface area contributed by atoms with Crippen molar-refractivity contribution >= 4 is 5.91 Å². The van der Waals surface area contributed by atoms with Gasteiger partial charge in [-0.3, -0.25) is 10.1 Å². The highest BCUT2D eigenvalue weighted by atomic mass is 16.5. The normalized spacial score (nSPS) is 11.8. The predicted octanol–water partition coefficient (Wildman–Crippen LogP) is 2.01. The number of nitrogens with two attached hydrogens (primary N) is 1. The zero-order chi connectivity index (χ0) is 14.4. The standard InChI is InChI=1S/C16H18N2O2/c1-20-14-10-6-5-9-13(14)11-18-15(16(17)19)12-7-3-2-4-8-12/h2-10,15,18H,11H2,1H3,(H2,17,19)/t15-/m1/s1. The lowest BCUT2D eigenvalue weighted by Gasteiger charge is -2.17. The van der Waals surface area contributed by atoms with Gasteiger partial charge in [0, 0.05) is 12.1 Å². The van der Waals surface area contributed by atoms with Gasteiger partial charge in [0.15, 0.2) is 0 Å². The molecule has 3 N–H and O–H groups in total. The molecule has 0 aliphatic rings. The molecule has 0 aromatic heterocycles. The van der Waals surface area contributed by atoms with Crippen LogP contribution >= 0.6 is 0 Å². The molecule has 0 bridgehead atoms. The van der Waals surface area contributed by atoms with Gasteiger partial charge in [-0.15, -0.1) is 0 Å². The molecule has 0 spiro atoms. The van der Waals surface area contributed by atoms with E-state index < -0.39 is 11.9 Å². The third-order valence-electron chi connectivity index (χ3n) is 3.11. The van der Waals surface area contributed by atoms with E-state index in [1.54, 1.807) is 7.11 Å². The third-order valence-corrected chi connectivity index (χ3v) is 3.11. The molecule has 4 nitrogen and oxygen atoms in total. The van der Waals surface area contributed by atoms with E-state index >= 15 is 0 Å². The Morgan fingerprint density at radius 1 is 1.15 bits per heavy atom. The molecule has 0 heterocycles. The van der Waals surface area contributed by atoms with Crippen LogP contribution in [-0.4, -0.2) is 13.0 Å². The van der Waals surface area contributed by atoms with Crippen molar-refractivity contribution in [1.29, 1.82) is 0 Å². The summed E-state index contributed by atoms with van der Waals surface area (Å²) < 4.78 is 5.29. The smallest absolute Gasteiger partial charge is 0.239 e. The molecule has 0 fully saturated rings. The van der Waals surface area contributed by atoms with Crippen LogP contribution in [0.25, 0.3) is 0 Å². The van der Waals surface area contributed by atoms with Crippen molar-refractivity contribution in [2.45, 2.75) is 12.6 Å². The monoisotopic (exact) mass is 270 g/mol. The van der Waals surface area contributed by atoms with Gasteiger partial charge in [0.05, 0.1) is 7.11 Å². The number of primary amides is 1. The van der Waals surface area contributed by atoms with Crippen molar-refractivity contribution in [2.24, 2.45) is 5.73 Å². The molecule has 0 saturated carbocycles. The molecule has 1 amide bonds. The van der Waals surface area contributed by atoms with E-state index in [1.807, 2.05) is 54.6 Å². The van der Waals surface area contributed by atoms with E-state index in [1.165, 1.54) is 0 Å². The lowest BCUT2D eigenvalue weighted by atomic mass is 10.1. The first-order chi connectivity index (χ1) is 9.72. The summed E-state index contributed by atoms with van der Waals surface area (Å²) in [7, 11) is 1.63. The summed E-state index contributed by atoms with van der Waals surface area (Å²) in [6.07, 6.45) is 0. The van der Waals surface area contributed by atoms with Crippen LogP contribution in [0.15, 0.2) is 54.6 Å². The second-order valence-electron chi connectivity index (χ2n) is 4.44. The summed E-state index contributed by atoms with van der Waals surface area (Å²) in [5.41, 5.74) is 7.31. The average Bonchev–Trinajstić information content (AvgIpc) is 2.48. The number of carbonyl (C=O) groups excluding carboxylic acids is 1. The average molecular weight is 270 g/mol. The van der Waals surface area contributed by atoms with Crippen LogP contribution in [0, 0.1) is 0 Å². The summed E-state index contributed by atoms with van der Waals surface area (Å²) in [6.45, 7) is 0.506. The minimum atomic E-state index is -0.513. The number of amides is 1. The van der Waals surface area contributed by atoms with Crippen LogP contribution < -0.4 is 15.8 Å². The van der Waals surface area contributed by atoms with Gasteiger partial charge < -0.3 is 10.5 Å². The molecule has 0 unspecified atom stereocenters. The SMILES string of the molecule is COc1ccccc1CN[C@@H](C(N)=O)c1ccccc1. The summed E-state index contributed by atoms with van der Waals surface area (Å²) in [5, 5.41) is 3.17. The third kappa shape index (κ3) is 3.36. The number of ether oxygens (including phenoxy) is 1. The fourth-order valence-corrected chi connectivity index (χ4v) is 2.09. The topological polar surface area (TPSA) is 64.3 Å². The number of para-hydroxylation sites is 1. The quantitative estimate of drug-likeness (QED) is 0.844. The molecule has 0 radical (unpaired) electrons. The Morgan fingerprint density at radius 2 is 1.80 bits per heavy atom. The maximum absolute atomic E-state index is 11.6. The van der Waals surface area contributed by atoms with Crippen molar-refractivity contribution in [1.82, 2.24) is 5.32 Å². The summed E-state index contributed by atoms with van der Waals surface area (Å²) in [5.74, 6) is 0.391. The van der Waals surface area contributed by atoms with Crippen molar-refractivity contribution < 1.29 is 9.53 Å². The molecule has 2 aromatic rings. The van der Waals surface area contributed by atoms with Gasteiger partial charge in [0.25, 0.3) is 0 Å². The van der Waals surface area contributed by atoms with Gasteiger partial charge in [-0.1, -0.05) is 48.5 Å². The van der Waals surface area contributed by atoms with E-state index in [0.29, 0.717) is 6.54 Å². The van der Waals surface area contributed by atoms with Crippen molar-refractivity contribution in [2.75, 3.05) is 7.11 Å². The van der Waals surface area contributed by atoms with E-state index in [0.717, 1.165) is 16.9 Å². The minimum absolute atomic E-state index is 0.397. The van der Waals surface area contributed by atoms with Crippen LogP contribution in [0.3, 0.4) is 0 Å². The Hall–Kier alpha value is -2.33. The number of rotatable bonds is 6. The lowest BCUT2D eigenvalue weighted by Crippen LogP contribution is -2.33. The number of hydrogen-bond donors (Lipinski definition) is 2. The Kier molecular flexibility index (Phi) is 4.74. The number of hydrogen-bond acceptors (Lipinski definition) is 3. The molecule has 1 atom stereocenters. The molecular weight excluding hydrogens is 252 g/mol. The van der Waals surface area contributed by atoms with Gasteiger partial charge in [0.2, 0.25) is 5.91 Å². The first-order valence-electron chi connectivity index (χ1n) is 6.42. The van der Waals surface area contributed by atoms with Gasteiger partial charge in [-0.25, -0.2) is 0 Å². The van der Waals surface area contributed by atoms with Crippen LogP contribution in [0.2, 0.25) is 0 Å². The zero-order valence-corrected chi connectivity index (χ0v) is 11.4. The maximum atomic E-state index is 11.6. The summed E-state index contributed by atoms with van der Waals surface area (Å²) >= 11 is 0. The zero-order valence-electron chi connectivity index (χ0n) is 11.4. The Labute approximate surface area is 118 Å². The molecule has 2 aromatic carbocycles. The van der Waals surface area contributed by atoms with Crippen molar-refractivity contribution in [3.8, 4) is 5.75 Å². The van der Waals surface area contributed by atoms with E-state index in [-0.39, 0.29) is 0 Å². The molecule has 4 heteroatoms. The molecule has 2 rings (SSSR count). The summed E-state index contributed by atoms with van der Waals surface area (Å²) in [6, 6.07) is 16.6. The van der Waals surface area contributed by atoms with E-state index in [2.05, 4.69) is 5.32 Å². The number of nitrogens with one attached hydrogen (secondary N) is 1. The molecule has 20 heavy (non-hydrogen) atoms. The first-order valence-corrected chi connectivity index (χ1v) is 6.42. The highest BCUT2D eigenvalue weighted by molar-refractivity contribution is 5.81. The van der Waals surface area contributed by atoms with Crippen LogP contribution in [0.1, 0.15) is 17.2 Å². The lowest BCUT2D eigenvalue weighted by molar-refractivity contribution is -0.120. The molecule has 0 aliphatic heterocycles. The van der Waals surface area contributed by atoms with Gasteiger partial charge in [0.1, 0.15) is 11.8 Å². The molecule has 104 valence electrons. The number of carbonyl (C=O) groups is 1. The second kappa shape index (κ2) is 6.73. The van der Waals surface area contributed by atoms with Gasteiger partial charge >= 0.3 is 0 Å². The van der Waals surface area contributed by atoms with Crippen LogP contribution in [0.4, 0.5) is 0 Å². The van der Waals surface area contributed by atoms with Crippen molar-refractivity contribution in [3.05, 3.63) is 65.7 Å². The minimum Gasteiger partial charge on any atom is -0.496 e. The Balaban J connectivity index is 2.12. The Bertz CT molecular complexity index is 570. The second-order valence-corrected chi connectivity index (χ2v) is 4.44. The summed E-state index contributed by atoms with van der Waals surface area (Å²) in [4.78, 5) is 11.6. The Morgan fingerprint density at radius 3 is 2.45 bits per heavy atom. The van der Waals surface area contributed by atoms with E-state index in [4.69, 9.17) is 10.5 Å². The van der Waals surface area contributed by atoms with Gasteiger partial charge in [-0.05, 0) is 11.6 Å². The fraction of sp³-hybridized carbons (Fsp3) is 0.188. The number of benzene rings is 2. The van der Waals surface area contributed by atoms with Crippen LogP contribution in [-0.2, 0) is 11.3 Å².